The zero-order valence-electron chi connectivity index (χ0n) is 21.1. The summed E-state index contributed by atoms with van der Waals surface area (Å²) in [6.45, 7) is 10.7. The van der Waals surface area contributed by atoms with Crippen LogP contribution in [0.25, 0.3) is 0 Å². The minimum atomic E-state index is -0.913. The number of hydrogen-bond acceptors (Lipinski definition) is 10. The van der Waals surface area contributed by atoms with Gasteiger partial charge in [0.25, 0.3) is 0 Å². The molecule has 0 aliphatic rings. The summed E-state index contributed by atoms with van der Waals surface area (Å²) in [7, 11) is 0. The van der Waals surface area contributed by atoms with E-state index in [0.29, 0.717) is 32.5 Å². The molecule has 36 heavy (non-hydrogen) atoms. The molecule has 0 fully saturated rings. The second-order valence-electron chi connectivity index (χ2n) is 9.65. The van der Waals surface area contributed by atoms with E-state index in [1.807, 2.05) is 38.1 Å². The third kappa shape index (κ3) is 7.73. The Morgan fingerprint density at radius 2 is 1.03 bits per heavy atom. The highest BCUT2D eigenvalue weighted by atomic mass is 79.9. The van der Waals surface area contributed by atoms with Crippen LogP contribution < -0.4 is 21.3 Å². The van der Waals surface area contributed by atoms with E-state index in [-0.39, 0.29) is 12.1 Å². The van der Waals surface area contributed by atoms with Crippen molar-refractivity contribution in [2.24, 2.45) is 0 Å². The van der Waals surface area contributed by atoms with E-state index >= 15 is 0 Å². The van der Waals surface area contributed by atoms with E-state index in [2.05, 4.69) is 73.1 Å². The average molecular weight is 624 g/mol. The molecule has 0 aliphatic heterocycles. The normalized spacial score (nSPS) is 13.6. The van der Waals surface area contributed by atoms with Gasteiger partial charge in [-0.1, -0.05) is 0 Å². The van der Waals surface area contributed by atoms with Crippen LogP contribution >= 0.6 is 31.9 Å². The molecule has 0 saturated carbocycles. The molecule has 2 aromatic heterocycles. The lowest BCUT2D eigenvalue weighted by molar-refractivity contribution is 0.0643. The van der Waals surface area contributed by atoms with Gasteiger partial charge in [0, 0.05) is 23.8 Å². The van der Waals surface area contributed by atoms with Crippen LogP contribution in [0.5, 0.6) is 0 Å². The van der Waals surface area contributed by atoms with Gasteiger partial charge in [0.2, 0.25) is 11.9 Å². The van der Waals surface area contributed by atoms with Crippen molar-refractivity contribution in [1.82, 2.24) is 19.9 Å². The minimum absolute atomic E-state index is 0.225. The lowest BCUT2D eigenvalue weighted by atomic mass is 10.0. The van der Waals surface area contributed by atoms with E-state index < -0.39 is 11.2 Å². The molecular weight excluding hydrogens is 592 g/mol. The SMILES string of the molecule is C[C@@H](Nc1nc(Nc2ccc(Nc3ncc(Br)c(N[C@H](C)C(C)(C)O)n3)cc2)ncc1Br)C(C)(C)O. The summed E-state index contributed by atoms with van der Waals surface area (Å²) >= 11 is 6.89. The molecule has 0 aliphatic carbocycles. The summed E-state index contributed by atoms with van der Waals surface area (Å²) in [5.74, 6) is 1.99. The summed E-state index contributed by atoms with van der Waals surface area (Å²) in [5.41, 5.74) is -0.238. The van der Waals surface area contributed by atoms with E-state index in [1.54, 1.807) is 40.1 Å². The van der Waals surface area contributed by atoms with Gasteiger partial charge < -0.3 is 31.5 Å². The Kier molecular flexibility index (Phi) is 8.75. The number of rotatable bonds is 10. The van der Waals surface area contributed by atoms with Crippen molar-refractivity contribution in [3.8, 4) is 0 Å². The maximum Gasteiger partial charge on any atom is 0.229 e. The minimum Gasteiger partial charge on any atom is -0.388 e. The zero-order valence-corrected chi connectivity index (χ0v) is 24.2. The highest BCUT2D eigenvalue weighted by Crippen LogP contribution is 2.27. The quantitative estimate of drug-likeness (QED) is 0.173. The number of hydrogen-bond donors (Lipinski definition) is 6. The van der Waals surface area contributed by atoms with Crippen molar-refractivity contribution in [2.45, 2.75) is 64.8 Å². The van der Waals surface area contributed by atoms with Gasteiger partial charge in [0.05, 0.1) is 32.2 Å². The second kappa shape index (κ2) is 11.2. The molecule has 2 heterocycles. The molecule has 3 aromatic rings. The maximum atomic E-state index is 10.2. The van der Waals surface area contributed by atoms with Crippen LogP contribution in [0.3, 0.4) is 0 Å². The summed E-state index contributed by atoms with van der Waals surface area (Å²) < 4.78 is 1.40. The Bertz CT molecular complexity index is 1090. The highest BCUT2D eigenvalue weighted by Gasteiger charge is 2.24. The first kappa shape index (κ1) is 28.0. The van der Waals surface area contributed by atoms with Crippen molar-refractivity contribution >= 4 is 66.8 Å². The van der Waals surface area contributed by atoms with Crippen LogP contribution in [0.15, 0.2) is 45.6 Å². The number of anilines is 6. The molecule has 10 nitrogen and oxygen atoms in total. The Balaban J connectivity index is 1.68. The summed E-state index contributed by atoms with van der Waals surface area (Å²) in [6, 6.07) is 7.08. The Labute approximate surface area is 228 Å². The summed E-state index contributed by atoms with van der Waals surface area (Å²) in [4.78, 5) is 17.7. The Hall–Kier alpha value is -2.54. The molecule has 3 rings (SSSR count). The van der Waals surface area contributed by atoms with Crippen LogP contribution in [0.1, 0.15) is 41.5 Å². The fourth-order valence-corrected chi connectivity index (χ4v) is 3.33. The van der Waals surface area contributed by atoms with Crippen LogP contribution in [0.4, 0.5) is 34.9 Å². The topological polar surface area (TPSA) is 140 Å². The standard InChI is InChI=1S/C24H32Br2N8O2/c1-13(23(3,4)35)29-19-17(25)11-27-21(33-19)31-15-7-9-16(10-8-15)32-22-28-12-18(26)20(34-22)30-14(2)24(5,6)36/h7-14,35-36H,1-6H3,(H2,27,29,31,33)(H2,28,30,32,34)/t13-,14-/m1/s1. The van der Waals surface area contributed by atoms with Gasteiger partial charge in [-0.15, -0.1) is 0 Å². The largest absolute Gasteiger partial charge is 0.388 e. The van der Waals surface area contributed by atoms with Crippen molar-refractivity contribution in [1.29, 1.82) is 0 Å². The highest BCUT2D eigenvalue weighted by molar-refractivity contribution is 9.11. The summed E-state index contributed by atoms with van der Waals surface area (Å²) in [5, 5.41) is 33.2. The van der Waals surface area contributed by atoms with Crippen molar-refractivity contribution in [2.75, 3.05) is 21.3 Å². The predicted octanol–water partition coefficient (Wildman–Crippen LogP) is 5.42. The molecule has 0 saturated heterocycles. The van der Waals surface area contributed by atoms with E-state index in [0.717, 1.165) is 11.4 Å². The third-order valence-corrected chi connectivity index (χ3v) is 6.87. The van der Waals surface area contributed by atoms with Gasteiger partial charge in [-0.3, -0.25) is 0 Å². The lowest BCUT2D eigenvalue weighted by Crippen LogP contribution is -2.39. The first-order valence-corrected chi connectivity index (χ1v) is 13.0. The van der Waals surface area contributed by atoms with Crippen LogP contribution in [0.2, 0.25) is 0 Å². The fraction of sp³-hybridized carbons (Fsp3) is 0.417. The molecule has 12 heteroatoms. The number of benzene rings is 1. The van der Waals surface area contributed by atoms with Gasteiger partial charge in [-0.05, 0) is 97.7 Å². The smallest absolute Gasteiger partial charge is 0.229 e. The van der Waals surface area contributed by atoms with E-state index in [1.165, 1.54) is 0 Å². The molecule has 6 N–H and O–H groups in total. The van der Waals surface area contributed by atoms with Gasteiger partial charge >= 0.3 is 0 Å². The first-order valence-electron chi connectivity index (χ1n) is 11.4. The first-order chi connectivity index (χ1) is 16.7. The third-order valence-electron chi connectivity index (χ3n) is 5.71. The zero-order chi connectivity index (χ0) is 26.7. The van der Waals surface area contributed by atoms with Gasteiger partial charge in [0.15, 0.2) is 0 Å². The van der Waals surface area contributed by atoms with Gasteiger partial charge in [0.1, 0.15) is 11.6 Å². The van der Waals surface area contributed by atoms with Gasteiger partial charge in [-0.2, -0.15) is 9.97 Å². The molecule has 0 amide bonds. The fourth-order valence-electron chi connectivity index (χ4n) is 2.72. The second-order valence-corrected chi connectivity index (χ2v) is 11.4. The number of nitrogens with one attached hydrogen (secondary N) is 4. The maximum absolute atomic E-state index is 10.2. The molecule has 0 bridgehead atoms. The van der Waals surface area contributed by atoms with E-state index in [4.69, 9.17) is 0 Å². The van der Waals surface area contributed by atoms with Crippen LogP contribution in [-0.2, 0) is 0 Å². The Morgan fingerprint density at radius 3 is 1.33 bits per heavy atom. The molecular formula is C24H32Br2N8O2. The number of aromatic nitrogens is 4. The van der Waals surface area contributed by atoms with Crippen LogP contribution in [-0.4, -0.2) is 53.4 Å². The molecule has 2 atom stereocenters. The molecule has 0 radical (unpaired) electrons. The molecule has 1 aromatic carbocycles. The van der Waals surface area contributed by atoms with Crippen molar-refractivity contribution < 1.29 is 10.2 Å². The predicted molar refractivity (Wildman–Crippen MR) is 151 cm³/mol. The lowest BCUT2D eigenvalue weighted by Gasteiger charge is -2.27. The van der Waals surface area contributed by atoms with Gasteiger partial charge in [-0.25, -0.2) is 9.97 Å². The number of halogens is 2. The molecule has 0 spiro atoms. The Morgan fingerprint density at radius 1 is 0.694 bits per heavy atom. The van der Waals surface area contributed by atoms with Crippen molar-refractivity contribution in [3.05, 3.63) is 45.6 Å². The van der Waals surface area contributed by atoms with Crippen LogP contribution in [0, 0.1) is 0 Å². The molecule has 194 valence electrons. The average Bonchev–Trinajstić information content (AvgIpc) is 2.78. The molecule has 0 unspecified atom stereocenters. The van der Waals surface area contributed by atoms with E-state index in [9.17, 15) is 10.2 Å². The number of nitrogens with zero attached hydrogens (tertiary/aromatic N) is 4. The monoisotopic (exact) mass is 622 g/mol. The van der Waals surface area contributed by atoms with Crippen molar-refractivity contribution in [3.63, 3.8) is 0 Å². The number of aliphatic hydroxyl groups is 2. The summed E-state index contributed by atoms with van der Waals surface area (Å²) in [6.07, 6.45) is 3.31.